The lowest BCUT2D eigenvalue weighted by Gasteiger charge is -2.24. The molecule has 0 aromatic carbocycles. The molecule has 1 aliphatic rings. The van der Waals surface area contributed by atoms with Crippen LogP contribution in [0.4, 0.5) is 0 Å². The molecule has 1 aromatic heterocycles. The Balaban J connectivity index is 2.30. The normalized spacial score (nSPS) is 20.8. The van der Waals surface area contributed by atoms with Crippen LogP contribution in [0.3, 0.4) is 0 Å². The van der Waals surface area contributed by atoms with Gasteiger partial charge in [0.25, 0.3) is 0 Å². The van der Waals surface area contributed by atoms with Gasteiger partial charge in [0.2, 0.25) is 0 Å². The van der Waals surface area contributed by atoms with E-state index >= 15 is 0 Å². The van der Waals surface area contributed by atoms with Gasteiger partial charge in [0.1, 0.15) is 0 Å². The molecule has 0 aliphatic heterocycles. The minimum atomic E-state index is 0.284. The molecule has 1 saturated carbocycles. The summed E-state index contributed by atoms with van der Waals surface area (Å²) in [6, 6.07) is 0. The number of hydrogen-bond acceptors (Lipinski definition) is 3. The molecular weight excluding hydrogens is 180 g/mol. The second-order valence-corrected chi connectivity index (χ2v) is 5.17. The number of aromatic nitrogens is 1. The maximum Gasteiger partial charge on any atom is 0.0896 e. The lowest BCUT2D eigenvalue weighted by molar-refractivity contribution is 0.461. The maximum absolute atomic E-state index is 5.89. The SMILES string of the molecule is Cc1ncc(C2(CN)CCCC2)s1. The molecule has 0 unspecified atom stereocenters. The third-order valence-corrected chi connectivity index (χ3v) is 4.25. The van der Waals surface area contributed by atoms with Crippen molar-refractivity contribution in [2.24, 2.45) is 5.73 Å². The van der Waals surface area contributed by atoms with Crippen LogP contribution in [0.5, 0.6) is 0 Å². The summed E-state index contributed by atoms with van der Waals surface area (Å²) in [6.45, 7) is 2.85. The van der Waals surface area contributed by atoms with Crippen LogP contribution in [0.15, 0.2) is 6.20 Å². The number of rotatable bonds is 2. The minimum Gasteiger partial charge on any atom is -0.330 e. The Hall–Kier alpha value is -0.410. The van der Waals surface area contributed by atoms with Crippen molar-refractivity contribution in [1.82, 2.24) is 4.98 Å². The Labute approximate surface area is 83.2 Å². The zero-order valence-electron chi connectivity index (χ0n) is 8.05. The Kier molecular flexibility index (Phi) is 2.39. The number of nitrogens with zero attached hydrogens (tertiary/aromatic N) is 1. The van der Waals surface area contributed by atoms with E-state index < -0.39 is 0 Å². The molecule has 0 spiro atoms. The Morgan fingerprint density at radius 2 is 2.23 bits per heavy atom. The smallest absolute Gasteiger partial charge is 0.0896 e. The molecule has 1 fully saturated rings. The van der Waals surface area contributed by atoms with E-state index in [2.05, 4.69) is 11.9 Å². The van der Waals surface area contributed by atoms with Crippen molar-refractivity contribution in [3.63, 3.8) is 0 Å². The molecule has 13 heavy (non-hydrogen) atoms. The molecular formula is C10H16N2S. The molecule has 2 N–H and O–H groups in total. The first-order valence-corrected chi connectivity index (χ1v) is 5.71. The lowest BCUT2D eigenvalue weighted by atomic mass is 9.85. The number of nitrogens with two attached hydrogens (primary N) is 1. The summed E-state index contributed by atoms with van der Waals surface area (Å²) in [7, 11) is 0. The third kappa shape index (κ3) is 1.51. The molecule has 0 amide bonds. The van der Waals surface area contributed by atoms with E-state index in [4.69, 9.17) is 5.73 Å². The van der Waals surface area contributed by atoms with Crippen LogP contribution >= 0.6 is 11.3 Å². The summed E-state index contributed by atoms with van der Waals surface area (Å²) in [6.07, 6.45) is 7.19. The third-order valence-electron chi connectivity index (χ3n) is 3.10. The number of aryl methyl sites for hydroxylation is 1. The van der Waals surface area contributed by atoms with Gasteiger partial charge in [-0.2, -0.15) is 0 Å². The molecule has 0 saturated heterocycles. The topological polar surface area (TPSA) is 38.9 Å². The molecule has 72 valence electrons. The van der Waals surface area contributed by atoms with Gasteiger partial charge in [-0.15, -0.1) is 11.3 Å². The van der Waals surface area contributed by atoms with Gasteiger partial charge in [0.15, 0.2) is 0 Å². The van der Waals surface area contributed by atoms with Crippen molar-refractivity contribution in [3.8, 4) is 0 Å². The highest BCUT2D eigenvalue weighted by Crippen LogP contribution is 2.42. The minimum absolute atomic E-state index is 0.284. The van der Waals surface area contributed by atoms with E-state index in [1.54, 1.807) is 0 Å². The zero-order chi connectivity index (χ0) is 9.31. The van der Waals surface area contributed by atoms with E-state index in [1.807, 2.05) is 17.5 Å². The van der Waals surface area contributed by atoms with Gasteiger partial charge in [-0.3, -0.25) is 0 Å². The van der Waals surface area contributed by atoms with Crippen LogP contribution < -0.4 is 5.73 Å². The van der Waals surface area contributed by atoms with E-state index in [9.17, 15) is 0 Å². The van der Waals surface area contributed by atoms with Crippen molar-refractivity contribution >= 4 is 11.3 Å². The van der Waals surface area contributed by atoms with Gasteiger partial charge in [-0.25, -0.2) is 4.98 Å². The van der Waals surface area contributed by atoms with Gasteiger partial charge < -0.3 is 5.73 Å². The van der Waals surface area contributed by atoms with Crippen molar-refractivity contribution in [1.29, 1.82) is 0 Å². The zero-order valence-corrected chi connectivity index (χ0v) is 8.86. The summed E-state index contributed by atoms with van der Waals surface area (Å²) in [5.74, 6) is 0. The van der Waals surface area contributed by atoms with Gasteiger partial charge in [0, 0.05) is 23.0 Å². The Morgan fingerprint density at radius 1 is 1.54 bits per heavy atom. The summed E-state index contributed by atoms with van der Waals surface area (Å²) in [5, 5.41) is 1.16. The molecule has 2 rings (SSSR count). The summed E-state index contributed by atoms with van der Waals surface area (Å²) < 4.78 is 0. The molecule has 1 aromatic rings. The molecule has 0 bridgehead atoms. The van der Waals surface area contributed by atoms with E-state index in [0.29, 0.717) is 0 Å². The van der Waals surface area contributed by atoms with Crippen LogP contribution in [0.25, 0.3) is 0 Å². The number of thiazole rings is 1. The van der Waals surface area contributed by atoms with E-state index in [0.717, 1.165) is 11.6 Å². The largest absolute Gasteiger partial charge is 0.330 e. The monoisotopic (exact) mass is 196 g/mol. The lowest BCUT2D eigenvalue weighted by Crippen LogP contribution is -2.30. The quantitative estimate of drug-likeness (QED) is 0.787. The summed E-state index contributed by atoms with van der Waals surface area (Å²) in [5.41, 5.74) is 6.17. The maximum atomic E-state index is 5.89. The second kappa shape index (κ2) is 3.39. The first kappa shape index (κ1) is 9.16. The number of hydrogen-bond donors (Lipinski definition) is 1. The average molecular weight is 196 g/mol. The highest BCUT2D eigenvalue weighted by molar-refractivity contribution is 7.11. The second-order valence-electron chi connectivity index (χ2n) is 3.94. The Morgan fingerprint density at radius 3 is 2.69 bits per heavy atom. The first-order chi connectivity index (χ1) is 6.27. The van der Waals surface area contributed by atoms with Crippen molar-refractivity contribution in [2.75, 3.05) is 6.54 Å². The van der Waals surface area contributed by atoms with Crippen molar-refractivity contribution in [3.05, 3.63) is 16.1 Å². The summed E-state index contributed by atoms with van der Waals surface area (Å²) in [4.78, 5) is 5.72. The van der Waals surface area contributed by atoms with Crippen molar-refractivity contribution in [2.45, 2.75) is 38.0 Å². The molecule has 1 heterocycles. The van der Waals surface area contributed by atoms with Crippen LogP contribution in [0.1, 0.15) is 35.6 Å². The van der Waals surface area contributed by atoms with Gasteiger partial charge in [-0.1, -0.05) is 12.8 Å². The van der Waals surface area contributed by atoms with E-state index in [1.165, 1.54) is 30.6 Å². The van der Waals surface area contributed by atoms with Crippen LogP contribution in [0, 0.1) is 6.92 Å². The predicted molar refractivity (Wildman–Crippen MR) is 56.1 cm³/mol. The first-order valence-electron chi connectivity index (χ1n) is 4.90. The molecule has 2 nitrogen and oxygen atoms in total. The molecule has 0 radical (unpaired) electrons. The fourth-order valence-corrected chi connectivity index (χ4v) is 3.24. The van der Waals surface area contributed by atoms with Gasteiger partial charge in [-0.05, 0) is 19.8 Å². The standard InChI is InChI=1S/C10H16N2S/c1-8-12-6-9(13-8)10(7-11)4-2-3-5-10/h6H,2-5,7,11H2,1H3. The average Bonchev–Trinajstić information content (AvgIpc) is 2.73. The Bertz CT molecular complexity index is 287. The molecule has 0 atom stereocenters. The molecule has 3 heteroatoms. The van der Waals surface area contributed by atoms with E-state index in [-0.39, 0.29) is 5.41 Å². The van der Waals surface area contributed by atoms with Gasteiger partial charge in [0.05, 0.1) is 5.01 Å². The van der Waals surface area contributed by atoms with Crippen LogP contribution in [-0.2, 0) is 5.41 Å². The fraction of sp³-hybridized carbons (Fsp3) is 0.700. The van der Waals surface area contributed by atoms with Gasteiger partial charge >= 0.3 is 0 Å². The highest BCUT2D eigenvalue weighted by atomic mass is 32.1. The fourth-order valence-electron chi connectivity index (χ4n) is 2.21. The van der Waals surface area contributed by atoms with Crippen molar-refractivity contribution < 1.29 is 0 Å². The predicted octanol–water partition coefficient (Wildman–Crippen LogP) is 2.22. The van der Waals surface area contributed by atoms with Crippen LogP contribution in [-0.4, -0.2) is 11.5 Å². The molecule has 1 aliphatic carbocycles. The van der Waals surface area contributed by atoms with Crippen LogP contribution in [0.2, 0.25) is 0 Å². The summed E-state index contributed by atoms with van der Waals surface area (Å²) >= 11 is 1.82. The highest BCUT2D eigenvalue weighted by Gasteiger charge is 2.35.